The number of benzene rings is 1. The summed E-state index contributed by atoms with van der Waals surface area (Å²) < 4.78 is 6.79. The second kappa shape index (κ2) is 7.57. The number of aromatic nitrogens is 2. The van der Waals surface area contributed by atoms with E-state index in [1.54, 1.807) is 18.2 Å². The van der Waals surface area contributed by atoms with Gasteiger partial charge in [0.2, 0.25) is 5.91 Å². The highest BCUT2D eigenvalue weighted by molar-refractivity contribution is 6.32. The average Bonchev–Trinajstić information content (AvgIpc) is 2.99. The van der Waals surface area contributed by atoms with Gasteiger partial charge in [0.25, 0.3) is 0 Å². The van der Waals surface area contributed by atoms with Gasteiger partial charge in [-0.1, -0.05) is 23.7 Å². The van der Waals surface area contributed by atoms with E-state index < -0.39 is 11.5 Å². The van der Waals surface area contributed by atoms with E-state index in [4.69, 9.17) is 16.3 Å². The predicted octanol–water partition coefficient (Wildman–Crippen LogP) is 2.94. The lowest BCUT2D eigenvalue weighted by atomic mass is 10.1. The maximum absolute atomic E-state index is 12.3. The summed E-state index contributed by atoms with van der Waals surface area (Å²) in [5, 5.41) is 16.4. The quantitative estimate of drug-likeness (QED) is 0.786. The minimum absolute atomic E-state index is 0.0728. The van der Waals surface area contributed by atoms with Gasteiger partial charge in [-0.15, -0.1) is 0 Å². The zero-order valence-electron chi connectivity index (χ0n) is 14.2. The third kappa shape index (κ3) is 4.30. The molecule has 2 aromatic rings. The van der Waals surface area contributed by atoms with Gasteiger partial charge < -0.3 is 15.2 Å². The number of halogens is 1. The molecule has 0 saturated carbocycles. The van der Waals surface area contributed by atoms with Gasteiger partial charge in [-0.05, 0) is 26.8 Å². The minimum atomic E-state index is -1.21. The van der Waals surface area contributed by atoms with E-state index in [0.717, 1.165) is 0 Å². The van der Waals surface area contributed by atoms with E-state index >= 15 is 0 Å². The normalized spacial score (nSPS) is 11.2. The van der Waals surface area contributed by atoms with Crippen LogP contribution in [0.15, 0.2) is 30.6 Å². The van der Waals surface area contributed by atoms with Crippen LogP contribution in [0.5, 0.6) is 5.75 Å². The van der Waals surface area contributed by atoms with E-state index in [1.807, 2.05) is 6.92 Å². The van der Waals surface area contributed by atoms with Gasteiger partial charge in [0.15, 0.2) is 5.54 Å². The van der Waals surface area contributed by atoms with Crippen molar-refractivity contribution in [3.05, 3.63) is 41.2 Å². The number of carbonyl (C=O) groups excluding carboxylic acids is 1. The summed E-state index contributed by atoms with van der Waals surface area (Å²) in [6.45, 7) is 5.32. The summed E-state index contributed by atoms with van der Waals surface area (Å²) in [5.41, 5.74) is -0.123. The Morgan fingerprint density at radius 1 is 1.40 bits per heavy atom. The van der Waals surface area contributed by atoms with Crippen LogP contribution in [0.1, 0.15) is 26.3 Å². The van der Waals surface area contributed by atoms with Crippen LogP contribution < -0.4 is 10.1 Å². The second-order valence-electron chi connectivity index (χ2n) is 5.92. The Morgan fingerprint density at radius 2 is 2.12 bits per heavy atom. The molecule has 0 bridgehead atoms. The van der Waals surface area contributed by atoms with Crippen molar-refractivity contribution in [2.24, 2.45) is 0 Å². The summed E-state index contributed by atoms with van der Waals surface area (Å²) in [6, 6.07) is 5.22. The van der Waals surface area contributed by atoms with Crippen LogP contribution in [-0.2, 0) is 21.5 Å². The minimum Gasteiger partial charge on any atom is -0.492 e. The molecule has 1 amide bonds. The number of carboxylic acid groups (broad SMARTS) is 1. The molecule has 0 saturated heterocycles. The van der Waals surface area contributed by atoms with Gasteiger partial charge in [-0.3, -0.25) is 9.48 Å². The largest absolute Gasteiger partial charge is 0.492 e. The van der Waals surface area contributed by atoms with Crippen LogP contribution in [0.3, 0.4) is 0 Å². The number of amides is 1. The Kier molecular flexibility index (Phi) is 5.69. The molecule has 134 valence electrons. The van der Waals surface area contributed by atoms with Crippen molar-refractivity contribution >= 4 is 29.2 Å². The predicted molar refractivity (Wildman–Crippen MR) is 94.1 cm³/mol. The number of anilines is 1. The number of rotatable bonds is 7. The maximum atomic E-state index is 12.3. The fourth-order valence-corrected chi connectivity index (χ4v) is 2.42. The number of hydrogen-bond donors (Lipinski definition) is 2. The molecule has 1 aromatic heterocycles. The number of hydrogen-bond acceptors (Lipinski definition) is 4. The van der Waals surface area contributed by atoms with Crippen molar-refractivity contribution in [1.82, 2.24) is 9.78 Å². The van der Waals surface area contributed by atoms with E-state index in [2.05, 4.69) is 10.4 Å². The van der Waals surface area contributed by atoms with Crippen molar-refractivity contribution in [2.45, 2.75) is 32.7 Å². The average molecular weight is 366 g/mol. The van der Waals surface area contributed by atoms with Crippen LogP contribution in [0, 0.1) is 0 Å². The van der Waals surface area contributed by atoms with E-state index in [1.165, 1.54) is 30.9 Å². The van der Waals surface area contributed by atoms with E-state index in [0.29, 0.717) is 28.6 Å². The first-order chi connectivity index (χ1) is 11.8. The molecule has 7 nitrogen and oxygen atoms in total. The molecule has 1 heterocycles. The smallest absolute Gasteiger partial charge is 0.331 e. The lowest BCUT2D eigenvalue weighted by Gasteiger charge is -2.19. The molecule has 2 rings (SSSR count). The summed E-state index contributed by atoms with van der Waals surface area (Å²) in [7, 11) is 0. The molecular weight excluding hydrogens is 346 g/mol. The second-order valence-corrected chi connectivity index (χ2v) is 6.33. The molecule has 0 aliphatic rings. The van der Waals surface area contributed by atoms with Crippen LogP contribution in [0.2, 0.25) is 5.02 Å². The number of nitrogens with zero attached hydrogens (tertiary/aromatic N) is 2. The molecule has 0 aliphatic heterocycles. The van der Waals surface area contributed by atoms with Gasteiger partial charge in [-0.2, -0.15) is 5.10 Å². The fraction of sp³-hybridized carbons (Fsp3) is 0.353. The number of aliphatic carboxylic acids is 1. The highest BCUT2D eigenvalue weighted by Gasteiger charge is 2.30. The Bertz CT molecular complexity index is 786. The monoisotopic (exact) mass is 365 g/mol. The molecule has 0 radical (unpaired) electrons. The first kappa shape index (κ1) is 18.8. The summed E-state index contributed by atoms with van der Waals surface area (Å²) >= 11 is 6.11. The van der Waals surface area contributed by atoms with Crippen LogP contribution in [0.25, 0.3) is 0 Å². The number of nitrogens with one attached hydrogen (secondary N) is 1. The molecule has 0 spiro atoms. The molecule has 0 aliphatic carbocycles. The fourth-order valence-electron chi connectivity index (χ4n) is 2.17. The maximum Gasteiger partial charge on any atom is 0.331 e. The number of ether oxygens (including phenoxy) is 1. The number of carboxylic acids is 1. The highest BCUT2D eigenvalue weighted by Crippen LogP contribution is 2.29. The van der Waals surface area contributed by atoms with E-state index in [-0.39, 0.29) is 12.3 Å². The summed E-state index contributed by atoms with van der Waals surface area (Å²) in [4.78, 5) is 23.5. The lowest BCUT2D eigenvalue weighted by molar-refractivity contribution is -0.146. The van der Waals surface area contributed by atoms with Gasteiger partial charge in [0, 0.05) is 11.8 Å². The first-order valence-electron chi connectivity index (χ1n) is 7.74. The molecule has 25 heavy (non-hydrogen) atoms. The molecule has 0 unspecified atom stereocenters. The molecule has 1 aromatic carbocycles. The molecule has 2 N–H and O–H groups in total. The number of carbonyl (C=O) groups is 2. The molecule has 8 heteroatoms. The van der Waals surface area contributed by atoms with Crippen molar-refractivity contribution in [1.29, 1.82) is 0 Å². The zero-order valence-corrected chi connectivity index (χ0v) is 15.0. The Balaban J connectivity index is 2.11. The zero-order chi connectivity index (χ0) is 18.6. The number of para-hydroxylation sites is 1. The Labute approximate surface area is 150 Å². The van der Waals surface area contributed by atoms with Crippen LogP contribution in [0.4, 0.5) is 5.69 Å². The Morgan fingerprint density at radius 3 is 2.76 bits per heavy atom. The van der Waals surface area contributed by atoms with Gasteiger partial charge in [0.1, 0.15) is 5.75 Å². The van der Waals surface area contributed by atoms with Crippen molar-refractivity contribution in [3.8, 4) is 5.75 Å². The molecule has 0 atom stereocenters. The van der Waals surface area contributed by atoms with Crippen molar-refractivity contribution in [2.75, 3.05) is 11.9 Å². The van der Waals surface area contributed by atoms with Gasteiger partial charge in [0.05, 0.1) is 29.9 Å². The van der Waals surface area contributed by atoms with Crippen LogP contribution in [-0.4, -0.2) is 33.4 Å². The topological polar surface area (TPSA) is 93.5 Å². The van der Waals surface area contributed by atoms with E-state index in [9.17, 15) is 14.7 Å². The standard InChI is InChI=1S/C17H20ClN3O4/c1-4-25-15-11(6-5-7-13(15)18)8-14(22)20-12-9-19-21(10-12)17(2,3)16(23)24/h5-7,9-10H,4,8H2,1-3H3,(H,20,22)(H,23,24). The molecule has 0 fully saturated rings. The van der Waals surface area contributed by atoms with Gasteiger partial charge >= 0.3 is 5.97 Å². The van der Waals surface area contributed by atoms with Crippen molar-refractivity contribution < 1.29 is 19.4 Å². The summed E-state index contributed by atoms with van der Waals surface area (Å²) in [6.07, 6.45) is 2.96. The van der Waals surface area contributed by atoms with Gasteiger partial charge in [-0.25, -0.2) is 4.79 Å². The van der Waals surface area contributed by atoms with Crippen molar-refractivity contribution in [3.63, 3.8) is 0 Å². The SMILES string of the molecule is CCOc1c(Cl)cccc1CC(=O)Nc1cnn(C(C)(C)C(=O)O)c1. The highest BCUT2D eigenvalue weighted by atomic mass is 35.5. The lowest BCUT2D eigenvalue weighted by Crippen LogP contribution is -2.35. The first-order valence-corrected chi connectivity index (χ1v) is 8.12. The third-order valence-corrected chi connectivity index (χ3v) is 3.95. The van der Waals surface area contributed by atoms with Crippen LogP contribution >= 0.6 is 11.6 Å². The summed E-state index contributed by atoms with van der Waals surface area (Å²) in [5.74, 6) is -0.811. The third-order valence-electron chi connectivity index (χ3n) is 3.65. The molecular formula is C17H20ClN3O4. The Hall–Kier alpha value is -2.54.